The fourth-order valence-electron chi connectivity index (χ4n) is 1.62. The van der Waals surface area contributed by atoms with Crippen molar-refractivity contribution in [3.05, 3.63) is 35.3 Å². The minimum atomic E-state index is -0.178. The molecule has 6 heteroatoms. The monoisotopic (exact) mass is 276 g/mol. The van der Waals surface area contributed by atoms with Crippen molar-refractivity contribution in [3.8, 4) is 0 Å². The van der Waals surface area contributed by atoms with Crippen molar-refractivity contribution >= 4 is 28.2 Å². The third-order valence-electron chi connectivity index (χ3n) is 2.57. The molecule has 0 saturated heterocycles. The molecule has 1 heterocycles. The summed E-state index contributed by atoms with van der Waals surface area (Å²) in [4.78, 5) is 13.8. The first kappa shape index (κ1) is 13.5. The second kappa shape index (κ2) is 6.29. The quantitative estimate of drug-likeness (QED) is 0.932. The summed E-state index contributed by atoms with van der Waals surface area (Å²) >= 11 is 1.36. The molecule has 0 aliphatic heterocycles. The third kappa shape index (κ3) is 3.51. The molecule has 0 saturated carbocycles. The fourth-order valence-corrected chi connectivity index (χ4v) is 2.20. The van der Waals surface area contributed by atoms with E-state index in [1.165, 1.54) is 11.3 Å². The van der Waals surface area contributed by atoms with Crippen LogP contribution in [0.5, 0.6) is 0 Å². The molecule has 19 heavy (non-hydrogen) atoms. The molecule has 5 nitrogen and oxygen atoms in total. The van der Waals surface area contributed by atoms with E-state index in [1.807, 2.05) is 38.1 Å². The highest BCUT2D eigenvalue weighted by molar-refractivity contribution is 7.13. The Kier molecular flexibility index (Phi) is 4.46. The molecule has 0 unspecified atom stereocenters. The van der Waals surface area contributed by atoms with Gasteiger partial charge in [-0.2, -0.15) is 0 Å². The molecule has 1 N–H and O–H groups in total. The van der Waals surface area contributed by atoms with Gasteiger partial charge >= 0.3 is 6.03 Å². The van der Waals surface area contributed by atoms with E-state index >= 15 is 0 Å². The highest BCUT2D eigenvalue weighted by Gasteiger charge is 2.17. The van der Waals surface area contributed by atoms with Crippen molar-refractivity contribution in [2.24, 2.45) is 0 Å². The van der Waals surface area contributed by atoms with Crippen molar-refractivity contribution in [2.45, 2.75) is 20.3 Å². The number of carbonyl (C=O) groups excluding carboxylic acids is 1. The average Bonchev–Trinajstić information content (AvgIpc) is 2.92. The number of hydrogen-bond acceptors (Lipinski definition) is 4. The zero-order valence-electron chi connectivity index (χ0n) is 11.0. The number of aromatic nitrogens is 2. The molecular formula is C13H16N4OS. The molecule has 2 aromatic rings. The number of carbonyl (C=O) groups is 1. The van der Waals surface area contributed by atoms with Gasteiger partial charge in [0.1, 0.15) is 5.51 Å². The molecule has 0 bridgehead atoms. The number of anilines is 2. The van der Waals surface area contributed by atoms with Crippen molar-refractivity contribution in [3.63, 3.8) is 0 Å². The van der Waals surface area contributed by atoms with Crippen LogP contribution in [0.3, 0.4) is 0 Å². The van der Waals surface area contributed by atoms with Crippen molar-refractivity contribution in [1.29, 1.82) is 0 Å². The predicted molar refractivity (Wildman–Crippen MR) is 77.7 cm³/mol. The lowest BCUT2D eigenvalue weighted by Gasteiger charge is -2.19. The zero-order valence-corrected chi connectivity index (χ0v) is 11.8. The van der Waals surface area contributed by atoms with Gasteiger partial charge in [-0.3, -0.25) is 4.90 Å². The van der Waals surface area contributed by atoms with Crippen LogP contribution in [0, 0.1) is 6.92 Å². The number of nitrogens with one attached hydrogen (secondary N) is 1. The lowest BCUT2D eigenvalue weighted by atomic mass is 10.2. The first-order valence-corrected chi connectivity index (χ1v) is 7.00. The summed E-state index contributed by atoms with van der Waals surface area (Å²) in [6.07, 6.45) is 0.862. The standard InChI is InChI=1S/C13H16N4OS/c1-3-8-17(13-16-14-9-19-13)12(18)15-11-6-4-10(2)5-7-11/h4-7,9H,3,8H2,1-2H3,(H,15,18). The Morgan fingerprint density at radius 3 is 2.68 bits per heavy atom. The highest BCUT2D eigenvalue weighted by Crippen LogP contribution is 2.18. The van der Waals surface area contributed by atoms with Crippen LogP contribution in [-0.4, -0.2) is 22.8 Å². The second-order valence-corrected chi connectivity index (χ2v) is 4.98. The van der Waals surface area contributed by atoms with Gasteiger partial charge in [0, 0.05) is 12.2 Å². The molecule has 2 rings (SSSR count). The van der Waals surface area contributed by atoms with Gasteiger partial charge < -0.3 is 5.32 Å². The molecule has 0 radical (unpaired) electrons. The molecule has 1 aromatic carbocycles. The summed E-state index contributed by atoms with van der Waals surface area (Å²) in [6, 6.07) is 7.52. The van der Waals surface area contributed by atoms with Crippen LogP contribution in [0.25, 0.3) is 0 Å². The summed E-state index contributed by atoms with van der Waals surface area (Å²) in [5.74, 6) is 0. The van der Waals surface area contributed by atoms with E-state index in [4.69, 9.17) is 0 Å². The van der Waals surface area contributed by atoms with E-state index in [-0.39, 0.29) is 6.03 Å². The molecule has 100 valence electrons. The van der Waals surface area contributed by atoms with E-state index in [9.17, 15) is 4.79 Å². The Labute approximate surface area is 116 Å². The van der Waals surface area contributed by atoms with Crippen LogP contribution in [0.15, 0.2) is 29.8 Å². The van der Waals surface area contributed by atoms with Crippen molar-refractivity contribution in [1.82, 2.24) is 10.2 Å². The summed E-state index contributed by atoms with van der Waals surface area (Å²) in [5, 5.41) is 11.2. The highest BCUT2D eigenvalue weighted by atomic mass is 32.1. The third-order valence-corrected chi connectivity index (χ3v) is 3.29. The maximum absolute atomic E-state index is 12.2. The first-order valence-electron chi connectivity index (χ1n) is 6.12. The molecule has 0 fully saturated rings. The molecule has 0 spiro atoms. The summed E-state index contributed by atoms with van der Waals surface area (Å²) in [7, 11) is 0. The van der Waals surface area contributed by atoms with E-state index in [0.717, 1.165) is 17.7 Å². The molecule has 0 aliphatic rings. The first-order chi connectivity index (χ1) is 9.20. The van der Waals surface area contributed by atoms with Crippen LogP contribution >= 0.6 is 11.3 Å². The minimum absolute atomic E-state index is 0.178. The Hall–Kier alpha value is -1.95. The lowest BCUT2D eigenvalue weighted by molar-refractivity contribution is 0.257. The van der Waals surface area contributed by atoms with Crippen LogP contribution in [0.2, 0.25) is 0 Å². The number of benzene rings is 1. The predicted octanol–water partition coefficient (Wildman–Crippen LogP) is 3.30. The maximum atomic E-state index is 12.2. The Morgan fingerprint density at radius 2 is 2.11 bits per heavy atom. The largest absolute Gasteiger partial charge is 0.328 e. The SMILES string of the molecule is CCCN(C(=O)Nc1ccc(C)cc1)c1nncs1. The number of urea groups is 1. The van der Waals surface area contributed by atoms with Crippen molar-refractivity contribution < 1.29 is 4.79 Å². The van der Waals surface area contributed by atoms with E-state index in [1.54, 1.807) is 10.4 Å². The lowest BCUT2D eigenvalue weighted by Crippen LogP contribution is -2.35. The van der Waals surface area contributed by atoms with Crippen LogP contribution < -0.4 is 10.2 Å². The normalized spacial score (nSPS) is 10.2. The Balaban J connectivity index is 2.09. The van der Waals surface area contributed by atoms with Crippen molar-refractivity contribution in [2.75, 3.05) is 16.8 Å². The van der Waals surface area contributed by atoms with Gasteiger partial charge in [-0.15, -0.1) is 10.2 Å². The average molecular weight is 276 g/mol. The molecule has 0 aliphatic carbocycles. The summed E-state index contributed by atoms with van der Waals surface area (Å²) in [5.41, 5.74) is 3.56. The number of rotatable bonds is 4. The topological polar surface area (TPSA) is 58.1 Å². The van der Waals surface area contributed by atoms with Gasteiger partial charge in [-0.25, -0.2) is 4.79 Å². The summed E-state index contributed by atoms with van der Waals surface area (Å²) < 4.78 is 0. The zero-order chi connectivity index (χ0) is 13.7. The van der Waals surface area contributed by atoms with Gasteiger partial charge in [0.15, 0.2) is 0 Å². The molecule has 2 amide bonds. The van der Waals surface area contributed by atoms with Gasteiger partial charge in [0.25, 0.3) is 0 Å². The van der Waals surface area contributed by atoms with E-state index in [2.05, 4.69) is 15.5 Å². The number of nitrogens with zero attached hydrogens (tertiary/aromatic N) is 3. The molecule has 1 aromatic heterocycles. The van der Waals surface area contributed by atoms with Gasteiger partial charge in [-0.1, -0.05) is 36.0 Å². The number of amides is 2. The molecule has 0 atom stereocenters. The second-order valence-electron chi connectivity index (χ2n) is 4.17. The Morgan fingerprint density at radius 1 is 1.37 bits per heavy atom. The van der Waals surface area contributed by atoms with Crippen LogP contribution in [0.1, 0.15) is 18.9 Å². The van der Waals surface area contributed by atoms with E-state index < -0.39 is 0 Å². The maximum Gasteiger partial charge on any atom is 0.328 e. The number of aryl methyl sites for hydroxylation is 1. The smallest absolute Gasteiger partial charge is 0.307 e. The molecular weight excluding hydrogens is 260 g/mol. The van der Waals surface area contributed by atoms with Gasteiger partial charge in [0.2, 0.25) is 5.13 Å². The van der Waals surface area contributed by atoms with Crippen LogP contribution in [-0.2, 0) is 0 Å². The fraction of sp³-hybridized carbons (Fsp3) is 0.308. The van der Waals surface area contributed by atoms with Gasteiger partial charge in [0.05, 0.1) is 0 Å². The van der Waals surface area contributed by atoms with E-state index in [0.29, 0.717) is 11.7 Å². The van der Waals surface area contributed by atoms with Gasteiger partial charge in [-0.05, 0) is 25.5 Å². The van der Waals surface area contributed by atoms with Crippen LogP contribution in [0.4, 0.5) is 15.6 Å². The minimum Gasteiger partial charge on any atom is -0.307 e. The Bertz CT molecular complexity index is 524. The summed E-state index contributed by atoms with van der Waals surface area (Å²) in [6.45, 7) is 4.65. The number of hydrogen-bond donors (Lipinski definition) is 1.